The highest BCUT2D eigenvalue weighted by Crippen LogP contribution is 2.36. The minimum atomic E-state index is -0.932. The van der Waals surface area contributed by atoms with Gasteiger partial charge in [-0.05, 0) is 43.0 Å². The standard InChI is InChI=1S/C16H18N2O3S/c17-11-5-3-4-10(8-11)13-9-12(15(22-13)16(19)20)18-14-6-1-2-7-21-14/h3-5,8-9,14,18H,1-2,6-7,17H2,(H,19,20). The van der Waals surface area contributed by atoms with Gasteiger partial charge in [-0.3, -0.25) is 0 Å². The number of nitrogens with two attached hydrogens (primary N) is 1. The van der Waals surface area contributed by atoms with Crippen molar-refractivity contribution in [1.29, 1.82) is 0 Å². The Morgan fingerprint density at radius 2 is 2.23 bits per heavy atom. The molecule has 0 aliphatic carbocycles. The number of nitrogen functional groups attached to an aromatic ring is 1. The summed E-state index contributed by atoms with van der Waals surface area (Å²) < 4.78 is 5.63. The maximum atomic E-state index is 11.5. The number of hydrogen-bond acceptors (Lipinski definition) is 5. The second kappa shape index (κ2) is 6.37. The Balaban J connectivity index is 1.90. The molecule has 2 heterocycles. The molecule has 1 aliphatic heterocycles. The molecule has 1 unspecified atom stereocenters. The third-order valence-electron chi connectivity index (χ3n) is 3.59. The second-order valence-electron chi connectivity index (χ2n) is 5.28. The molecule has 0 radical (unpaired) electrons. The zero-order chi connectivity index (χ0) is 15.5. The first-order chi connectivity index (χ1) is 10.6. The van der Waals surface area contributed by atoms with Crippen molar-refractivity contribution in [3.05, 3.63) is 35.2 Å². The largest absolute Gasteiger partial charge is 0.477 e. The van der Waals surface area contributed by atoms with E-state index in [1.54, 1.807) is 0 Å². The predicted octanol–water partition coefficient (Wildman–Crippen LogP) is 3.63. The molecule has 1 aliphatic rings. The molecule has 1 aromatic carbocycles. The summed E-state index contributed by atoms with van der Waals surface area (Å²) in [5.74, 6) is -0.932. The first-order valence-electron chi connectivity index (χ1n) is 7.24. The highest BCUT2D eigenvalue weighted by atomic mass is 32.1. The van der Waals surface area contributed by atoms with Gasteiger partial charge in [-0.2, -0.15) is 0 Å². The van der Waals surface area contributed by atoms with E-state index < -0.39 is 5.97 Å². The van der Waals surface area contributed by atoms with E-state index in [0.717, 1.165) is 29.7 Å². The fourth-order valence-corrected chi connectivity index (χ4v) is 3.48. The summed E-state index contributed by atoms with van der Waals surface area (Å²) >= 11 is 1.24. The highest BCUT2D eigenvalue weighted by molar-refractivity contribution is 7.18. The molecule has 5 nitrogen and oxygen atoms in total. The number of carbonyl (C=O) groups is 1. The van der Waals surface area contributed by atoms with E-state index in [1.165, 1.54) is 11.3 Å². The summed E-state index contributed by atoms with van der Waals surface area (Å²) in [4.78, 5) is 12.7. The van der Waals surface area contributed by atoms with Gasteiger partial charge in [0.15, 0.2) is 0 Å². The molecule has 1 saturated heterocycles. The molecular formula is C16H18N2O3S. The number of carboxylic acid groups (broad SMARTS) is 1. The minimum Gasteiger partial charge on any atom is -0.477 e. The third kappa shape index (κ3) is 3.23. The van der Waals surface area contributed by atoms with E-state index in [4.69, 9.17) is 10.5 Å². The lowest BCUT2D eigenvalue weighted by molar-refractivity contribution is 0.0343. The number of benzene rings is 1. The molecule has 0 spiro atoms. The Morgan fingerprint density at radius 3 is 2.91 bits per heavy atom. The molecule has 22 heavy (non-hydrogen) atoms. The normalized spacial score (nSPS) is 18.1. The number of aromatic carboxylic acids is 1. The van der Waals surface area contributed by atoms with Gasteiger partial charge >= 0.3 is 5.97 Å². The molecule has 0 amide bonds. The Bertz CT molecular complexity index is 678. The molecule has 116 valence electrons. The summed E-state index contributed by atoms with van der Waals surface area (Å²) in [5.41, 5.74) is 8.00. The summed E-state index contributed by atoms with van der Waals surface area (Å²) in [5, 5.41) is 12.6. The number of anilines is 2. The van der Waals surface area contributed by atoms with Crippen LogP contribution in [-0.4, -0.2) is 23.9 Å². The molecular weight excluding hydrogens is 300 g/mol. The van der Waals surface area contributed by atoms with Crippen LogP contribution in [0, 0.1) is 0 Å². The van der Waals surface area contributed by atoms with Crippen LogP contribution in [0.5, 0.6) is 0 Å². The molecule has 1 atom stereocenters. The average molecular weight is 318 g/mol. The molecule has 0 bridgehead atoms. The third-order valence-corrected chi connectivity index (χ3v) is 4.77. The molecule has 2 aromatic rings. The first-order valence-corrected chi connectivity index (χ1v) is 8.06. The first kappa shape index (κ1) is 14.9. The van der Waals surface area contributed by atoms with Gasteiger partial charge in [0.2, 0.25) is 0 Å². The Morgan fingerprint density at radius 1 is 1.36 bits per heavy atom. The monoisotopic (exact) mass is 318 g/mol. The van der Waals surface area contributed by atoms with Crippen molar-refractivity contribution in [3.8, 4) is 10.4 Å². The quantitative estimate of drug-likeness (QED) is 0.750. The van der Waals surface area contributed by atoms with E-state index in [2.05, 4.69) is 5.32 Å². The van der Waals surface area contributed by atoms with Crippen molar-refractivity contribution in [2.45, 2.75) is 25.5 Å². The van der Waals surface area contributed by atoms with Gasteiger partial charge in [-0.25, -0.2) is 4.79 Å². The highest BCUT2D eigenvalue weighted by Gasteiger charge is 2.20. The number of rotatable bonds is 4. The lowest BCUT2D eigenvalue weighted by Crippen LogP contribution is -2.27. The van der Waals surface area contributed by atoms with Crippen LogP contribution in [0.1, 0.15) is 28.9 Å². The van der Waals surface area contributed by atoms with Gasteiger partial charge in [-0.15, -0.1) is 11.3 Å². The van der Waals surface area contributed by atoms with Crippen molar-refractivity contribution in [2.75, 3.05) is 17.7 Å². The lowest BCUT2D eigenvalue weighted by Gasteiger charge is -2.24. The maximum absolute atomic E-state index is 11.5. The zero-order valence-corrected chi connectivity index (χ0v) is 12.9. The average Bonchev–Trinajstić information content (AvgIpc) is 2.92. The van der Waals surface area contributed by atoms with E-state index in [0.29, 0.717) is 22.9 Å². The Hall–Kier alpha value is -2.05. The summed E-state index contributed by atoms with van der Waals surface area (Å²) in [6.07, 6.45) is 2.92. The zero-order valence-electron chi connectivity index (χ0n) is 12.0. The molecule has 6 heteroatoms. The van der Waals surface area contributed by atoms with Gasteiger partial charge in [0.1, 0.15) is 11.1 Å². The van der Waals surface area contributed by atoms with Crippen LogP contribution in [0.3, 0.4) is 0 Å². The predicted molar refractivity (Wildman–Crippen MR) is 88.3 cm³/mol. The Labute approximate surface area is 132 Å². The van der Waals surface area contributed by atoms with Gasteiger partial charge < -0.3 is 20.9 Å². The van der Waals surface area contributed by atoms with E-state index in [-0.39, 0.29) is 6.23 Å². The van der Waals surface area contributed by atoms with Crippen LogP contribution in [0.4, 0.5) is 11.4 Å². The van der Waals surface area contributed by atoms with Crippen molar-refractivity contribution in [3.63, 3.8) is 0 Å². The lowest BCUT2D eigenvalue weighted by atomic mass is 10.1. The van der Waals surface area contributed by atoms with E-state index in [9.17, 15) is 9.90 Å². The fourth-order valence-electron chi connectivity index (χ4n) is 2.52. The van der Waals surface area contributed by atoms with Gasteiger partial charge in [-0.1, -0.05) is 12.1 Å². The number of carboxylic acids is 1. The number of hydrogen-bond donors (Lipinski definition) is 3. The smallest absolute Gasteiger partial charge is 0.348 e. The van der Waals surface area contributed by atoms with Crippen molar-refractivity contribution < 1.29 is 14.6 Å². The minimum absolute atomic E-state index is 0.116. The van der Waals surface area contributed by atoms with E-state index >= 15 is 0 Å². The summed E-state index contributed by atoms with van der Waals surface area (Å²) in [6.45, 7) is 0.715. The molecule has 1 fully saturated rings. The Kier molecular flexibility index (Phi) is 4.31. The fraction of sp³-hybridized carbons (Fsp3) is 0.312. The van der Waals surface area contributed by atoms with Crippen LogP contribution < -0.4 is 11.1 Å². The topological polar surface area (TPSA) is 84.6 Å². The van der Waals surface area contributed by atoms with Crippen molar-refractivity contribution in [1.82, 2.24) is 0 Å². The van der Waals surface area contributed by atoms with Crippen LogP contribution in [0.25, 0.3) is 10.4 Å². The van der Waals surface area contributed by atoms with Crippen LogP contribution in [0.2, 0.25) is 0 Å². The van der Waals surface area contributed by atoms with Gasteiger partial charge in [0.05, 0.1) is 5.69 Å². The second-order valence-corrected chi connectivity index (χ2v) is 6.34. The van der Waals surface area contributed by atoms with E-state index in [1.807, 2.05) is 30.3 Å². The van der Waals surface area contributed by atoms with Crippen LogP contribution >= 0.6 is 11.3 Å². The SMILES string of the molecule is Nc1cccc(-c2cc(NC3CCCCO3)c(C(=O)O)s2)c1. The van der Waals surface area contributed by atoms with Crippen molar-refractivity contribution in [2.24, 2.45) is 0 Å². The number of ether oxygens (including phenoxy) is 1. The summed E-state index contributed by atoms with van der Waals surface area (Å²) in [6, 6.07) is 9.31. The summed E-state index contributed by atoms with van der Waals surface area (Å²) in [7, 11) is 0. The van der Waals surface area contributed by atoms with Crippen molar-refractivity contribution >= 4 is 28.7 Å². The molecule has 0 saturated carbocycles. The van der Waals surface area contributed by atoms with Crippen LogP contribution in [-0.2, 0) is 4.74 Å². The van der Waals surface area contributed by atoms with Gasteiger partial charge in [0.25, 0.3) is 0 Å². The number of thiophene rings is 1. The van der Waals surface area contributed by atoms with Gasteiger partial charge in [0, 0.05) is 17.2 Å². The number of nitrogens with one attached hydrogen (secondary N) is 1. The maximum Gasteiger partial charge on any atom is 0.348 e. The van der Waals surface area contributed by atoms with Crippen LogP contribution in [0.15, 0.2) is 30.3 Å². The molecule has 4 N–H and O–H groups in total. The molecule has 1 aromatic heterocycles. The molecule has 3 rings (SSSR count).